The van der Waals surface area contributed by atoms with Crippen LogP contribution in [0.25, 0.3) is 5.69 Å². The van der Waals surface area contributed by atoms with Gasteiger partial charge in [-0.05, 0) is 49.7 Å². The molecule has 0 spiro atoms. The molecule has 1 aliphatic rings. The Labute approximate surface area is 184 Å². The fourth-order valence-corrected chi connectivity index (χ4v) is 4.93. The molecule has 2 heterocycles. The molecule has 2 aromatic carbocycles. The number of hydrogen-bond donors (Lipinski definition) is 1. The van der Waals surface area contributed by atoms with Crippen LogP contribution >= 0.6 is 23.4 Å². The number of thioether (sulfide) groups is 1. The highest BCUT2D eigenvalue weighted by atomic mass is 35.5. The van der Waals surface area contributed by atoms with Crippen LogP contribution in [0.15, 0.2) is 42.5 Å². The summed E-state index contributed by atoms with van der Waals surface area (Å²) in [7, 11) is 1.63. The van der Waals surface area contributed by atoms with Crippen LogP contribution in [0.3, 0.4) is 0 Å². The molecule has 0 saturated carbocycles. The van der Waals surface area contributed by atoms with Gasteiger partial charge in [-0.2, -0.15) is 5.10 Å². The van der Waals surface area contributed by atoms with E-state index in [1.807, 2.05) is 56.3 Å². The van der Waals surface area contributed by atoms with Gasteiger partial charge < -0.3 is 14.8 Å². The fraction of sp³-hybridized carbons (Fsp3) is 0.273. The van der Waals surface area contributed by atoms with E-state index in [1.54, 1.807) is 23.6 Å². The SMILES string of the molecule is CCOc1ccc(C2SCC(=O)Nc3c2c(C)nn3-c2cccc(Cl)c2)cc1OC. The molecule has 1 amide bonds. The number of methoxy groups -OCH3 is 1. The highest BCUT2D eigenvalue weighted by molar-refractivity contribution is 8.00. The number of hydrogen-bond acceptors (Lipinski definition) is 5. The van der Waals surface area contributed by atoms with Crippen molar-refractivity contribution < 1.29 is 14.3 Å². The van der Waals surface area contributed by atoms with Gasteiger partial charge in [0.2, 0.25) is 5.91 Å². The van der Waals surface area contributed by atoms with Gasteiger partial charge in [-0.15, -0.1) is 11.8 Å². The third kappa shape index (κ3) is 3.87. The number of benzene rings is 2. The molecule has 1 atom stereocenters. The van der Waals surface area contributed by atoms with Crippen molar-refractivity contribution >= 4 is 35.1 Å². The molecule has 8 heteroatoms. The van der Waals surface area contributed by atoms with Crippen LogP contribution in [0, 0.1) is 6.92 Å². The molecule has 4 rings (SSSR count). The average molecular weight is 444 g/mol. The van der Waals surface area contributed by atoms with Crippen LogP contribution < -0.4 is 14.8 Å². The molecule has 0 saturated heterocycles. The van der Waals surface area contributed by atoms with Gasteiger partial charge in [-0.3, -0.25) is 4.79 Å². The van der Waals surface area contributed by atoms with Gasteiger partial charge in [-0.1, -0.05) is 23.7 Å². The van der Waals surface area contributed by atoms with E-state index in [2.05, 4.69) is 5.32 Å². The van der Waals surface area contributed by atoms with Crippen LogP contribution in [0.1, 0.15) is 29.0 Å². The van der Waals surface area contributed by atoms with Gasteiger partial charge in [0.1, 0.15) is 5.82 Å². The third-order valence-corrected chi connectivity index (χ3v) is 6.36. The second-order valence-electron chi connectivity index (χ2n) is 6.82. The van der Waals surface area contributed by atoms with Crippen molar-refractivity contribution in [3.8, 4) is 17.2 Å². The highest BCUT2D eigenvalue weighted by Gasteiger charge is 2.31. The molecule has 156 valence electrons. The minimum absolute atomic E-state index is 0.0650. The Morgan fingerprint density at radius 2 is 2.10 bits per heavy atom. The van der Waals surface area contributed by atoms with E-state index < -0.39 is 0 Å². The molecular formula is C22H22ClN3O3S. The number of fused-ring (bicyclic) bond motifs is 1. The van der Waals surface area contributed by atoms with Crippen LogP contribution in [0.2, 0.25) is 5.02 Å². The van der Waals surface area contributed by atoms with E-state index in [4.69, 9.17) is 26.2 Å². The lowest BCUT2D eigenvalue weighted by Gasteiger charge is -2.18. The van der Waals surface area contributed by atoms with Gasteiger partial charge in [0, 0.05) is 10.6 Å². The Balaban J connectivity index is 1.84. The van der Waals surface area contributed by atoms with E-state index >= 15 is 0 Å². The second kappa shape index (κ2) is 8.62. The number of amides is 1. The summed E-state index contributed by atoms with van der Waals surface area (Å²) in [5.41, 5.74) is 3.63. The summed E-state index contributed by atoms with van der Waals surface area (Å²) in [5, 5.41) is 8.27. The molecule has 0 radical (unpaired) electrons. The van der Waals surface area contributed by atoms with Crippen molar-refractivity contribution in [1.82, 2.24) is 9.78 Å². The maximum Gasteiger partial charge on any atom is 0.235 e. The zero-order valence-corrected chi connectivity index (χ0v) is 18.5. The maximum atomic E-state index is 12.5. The normalized spacial score (nSPS) is 15.9. The first-order valence-corrected chi connectivity index (χ1v) is 11.0. The van der Waals surface area contributed by atoms with Gasteiger partial charge in [-0.25, -0.2) is 4.68 Å². The Morgan fingerprint density at radius 3 is 2.83 bits per heavy atom. The van der Waals surface area contributed by atoms with Gasteiger partial charge in [0.05, 0.1) is 36.1 Å². The van der Waals surface area contributed by atoms with Crippen LogP contribution in [-0.2, 0) is 4.79 Å². The van der Waals surface area contributed by atoms with E-state index in [1.165, 1.54) is 0 Å². The smallest absolute Gasteiger partial charge is 0.235 e. The second-order valence-corrected chi connectivity index (χ2v) is 8.35. The van der Waals surface area contributed by atoms with Crippen molar-refractivity contribution in [1.29, 1.82) is 0 Å². The molecule has 0 bridgehead atoms. The molecule has 1 aromatic heterocycles. The molecule has 1 aliphatic heterocycles. The summed E-state index contributed by atoms with van der Waals surface area (Å²) in [4.78, 5) is 12.5. The van der Waals surface area contributed by atoms with E-state index in [9.17, 15) is 4.79 Å². The molecule has 30 heavy (non-hydrogen) atoms. The standard InChI is InChI=1S/C22H22ClN3O3S/c1-4-29-17-9-8-14(10-18(17)28-3)21-20-13(2)25-26(16-7-5-6-15(23)11-16)22(20)24-19(27)12-30-21/h5-11,21H,4,12H2,1-3H3,(H,24,27). The fourth-order valence-electron chi connectivity index (χ4n) is 3.56. The van der Waals surface area contributed by atoms with Gasteiger partial charge >= 0.3 is 0 Å². The predicted octanol–water partition coefficient (Wildman–Crippen LogP) is 5.02. The van der Waals surface area contributed by atoms with Crippen molar-refractivity contribution in [2.45, 2.75) is 19.1 Å². The van der Waals surface area contributed by atoms with Gasteiger partial charge in [0.25, 0.3) is 0 Å². The molecule has 1 unspecified atom stereocenters. The number of carbonyl (C=O) groups is 1. The zero-order valence-electron chi connectivity index (χ0n) is 16.9. The highest BCUT2D eigenvalue weighted by Crippen LogP contribution is 2.45. The first kappa shape index (κ1) is 20.6. The Bertz CT molecular complexity index is 1100. The number of aryl methyl sites for hydroxylation is 1. The van der Waals surface area contributed by atoms with Crippen molar-refractivity contribution in [2.75, 3.05) is 24.8 Å². The molecule has 0 aliphatic carbocycles. The summed E-state index contributed by atoms with van der Waals surface area (Å²) in [6.45, 7) is 4.45. The lowest BCUT2D eigenvalue weighted by Crippen LogP contribution is -2.15. The van der Waals surface area contributed by atoms with Crippen LogP contribution in [-0.4, -0.2) is 35.2 Å². The largest absolute Gasteiger partial charge is 0.493 e. The minimum Gasteiger partial charge on any atom is -0.493 e. The van der Waals surface area contributed by atoms with E-state index in [0.717, 1.165) is 22.5 Å². The number of halogens is 1. The summed E-state index contributed by atoms with van der Waals surface area (Å²) >= 11 is 7.75. The van der Waals surface area contributed by atoms with Gasteiger partial charge in [0.15, 0.2) is 11.5 Å². The van der Waals surface area contributed by atoms with E-state index in [0.29, 0.717) is 34.7 Å². The molecule has 1 N–H and O–H groups in total. The number of carbonyl (C=O) groups excluding carboxylic acids is 1. The summed E-state index contributed by atoms with van der Waals surface area (Å²) in [6.07, 6.45) is 0. The summed E-state index contributed by atoms with van der Waals surface area (Å²) < 4.78 is 12.9. The maximum absolute atomic E-state index is 12.5. The lowest BCUT2D eigenvalue weighted by atomic mass is 10.0. The van der Waals surface area contributed by atoms with Crippen LogP contribution in [0.4, 0.5) is 5.82 Å². The Morgan fingerprint density at radius 1 is 1.27 bits per heavy atom. The molecule has 3 aromatic rings. The van der Waals surface area contributed by atoms with E-state index in [-0.39, 0.29) is 11.2 Å². The van der Waals surface area contributed by atoms with Crippen molar-refractivity contribution in [2.24, 2.45) is 0 Å². The lowest BCUT2D eigenvalue weighted by molar-refractivity contribution is -0.113. The Hall–Kier alpha value is -2.64. The van der Waals surface area contributed by atoms with Crippen molar-refractivity contribution in [3.63, 3.8) is 0 Å². The summed E-state index contributed by atoms with van der Waals surface area (Å²) in [6, 6.07) is 13.3. The third-order valence-electron chi connectivity index (χ3n) is 4.85. The zero-order chi connectivity index (χ0) is 21.3. The van der Waals surface area contributed by atoms with Crippen molar-refractivity contribution in [3.05, 3.63) is 64.3 Å². The number of anilines is 1. The molecule has 0 fully saturated rings. The first-order chi connectivity index (χ1) is 14.5. The monoisotopic (exact) mass is 443 g/mol. The number of aromatic nitrogens is 2. The number of nitrogens with zero attached hydrogens (tertiary/aromatic N) is 2. The van der Waals surface area contributed by atoms with Crippen LogP contribution in [0.5, 0.6) is 11.5 Å². The minimum atomic E-state index is -0.0866. The quantitative estimate of drug-likeness (QED) is 0.600. The number of rotatable bonds is 5. The topological polar surface area (TPSA) is 65.4 Å². The summed E-state index contributed by atoms with van der Waals surface area (Å²) in [5.74, 6) is 2.31. The number of nitrogens with one attached hydrogen (secondary N) is 1. The Kier molecular flexibility index (Phi) is 5.92. The first-order valence-electron chi connectivity index (χ1n) is 9.59. The number of ether oxygens (including phenoxy) is 2. The predicted molar refractivity (Wildman–Crippen MR) is 120 cm³/mol. The molecule has 6 nitrogen and oxygen atoms in total. The molecular weight excluding hydrogens is 422 g/mol. The average Bonchev–Trinajstić information content (AvgIpc) is 2.94.